The molecule has 0 atom stereocenters. The van der Waals surface area contributed by atoms with Crippen molar-refractivity contribution >= 4 is 63.8 Å². The van der Waals surface area contributed by atoms with E-state index in [0.717, 1.165) is 4.90 Å². The number of Topliss-reactive ketones (excluding diaryl/α,β-unsaturated/α-hetero) is 1. The van der Waals surface area contributed by atoms with Crippen molar-refractivity contribution in [1.29, 1.82) is 0 Å². The highest BCUT2D eigenvalue weighted by atomic mass is 35.5. The standard InChI is InChI=1S/C25H17Cl2N3O4/c1-14(31)15-9-11-17(12-10-15)29-23(32)16-5-4-6-18(13-16)28-22-21(27)24(33)30(25(22)34)20-8-3-2-7-19(20)26/h2-13,28H,1H3,(H,29,32). The van der Waals surface area contributed by atoms with Crippen molar-refractivity contribution in [3.05, 3.63) is 99.7 Å². The summed E-state index contributed by atoms with van der Waals surface area (Å²) in [6, 6.07) is 19.3. The van der Waals surface area contributed by atoms with Crippen molar-refractivity contribution in [3.63, 3.8) is 0 Å². The van der Waals surface area contributed by atoms with Crippen LogP contribution in [0.3, 0.4) is 0 Å². The van der Waals surface area contributed by atoms with E-state index in [9.17, 15) is 19.2 Å². The van der Waals surface area contributed by atoms with Gasteiger partial charge in [0.15, 0.2) is 5.78 Å². The summed E-state index contributed by atoms with van der Waals surface area (Å²) in [5.74, 6) is -1.84. The number of halogens is 2. The zero-order chi connectivity index (χ0) is 24.4. The van der Waals surface area contributed by atoms with E-state index >= 15 is 0 Å². The molecule has 3 amide bonds. The minimum absolute atomic E-state index is 0.0716. The molecule has 2 N–H and O–H groups in total. The number of rotatable bonds is 6. The molecule has 7 nitrogen and oxygen atoms in total. The summed E-state index contributed by atoms with van der Waals surface area (Å²) in [7, 11) is 0. The Labute approximate surface area is 205 Å². The second-order valence-electron chi connectivity index (χ2n) is 7.38. The summed E-state index contributed by atoms with van der Waals surface area (Å²) < 4.78 is 0. The van der Waals surface area contributed by atoms with Gasteiger partial charge in [0.25, 0.3) is 17.7 Å². The number of amides is 3. The first kappa shape index (κ1) is 23.2. The van der Waals surface area contributed by atoms with E-state index < -0.39 is 17.7 Å². The number of imide groups is 1. The van der Waals surface area contributed by atoms with Crippen LogP contribution in [0.1, 0.15) is 27.6 Å². The van der Waals surface area contributed by atoms with E-state index in [0.29, 0.717) is 22.5 Å². The Hall–Kier alpha value is -3.94. The van der Waals surface area contributed by atoms with Crippen LogP contribution >= 0.6 is 23.2 Å². The van der Waals surface area contributed by atoms with Gasteiger partial charge < -0.3 is 10.6 Å². The predicted molar refractivity (Wildman–Crippen MR) is 131 cm³/mol. The Morgan fingerprint density at radius 3 is 2.18 bits per heavy atom. The lowest BCUT2D eigenvalue weighted by Crippen LogP contribution is -2.32. The monoisotopic (exact) mass is 493 g/mol. The number of hydrogen-bond acceptors (Lipinski definition) is 5. The maximum absolute atomic E-state index is 13.0. The molecule has 1 aliphatic heterocycles. The van der Waals surface area contributed by atoms with Gasteiger partial charge in [-0.15, -0.1) is 0 Å². The van der Waals surface area contributed by atoms with Crippen LogP contribution in [0.4, 0.5) is 17.1 Å². The second-order valence-corrected chi connectivity index (χ2v) is 8.16. The fourth-order valence-electron chi connectivity index (χ4n) is 3.34. The summed E-state index contributed by atoms with van der Waals surface area (Å²) in [4.78, 5) is 50.6. The molecule has 170 valence electrons. The van der Waals surface area contributed by atoms with Crippen LogP contribution in [0.25, 0.3) is 0 Å². The maximum atomic E-state index is 13.0. The fourth-order valence-corrected chi connectivity index (χ4v) is 3.77. The molecule has 1 heterocycles. The third-order valence-electron chi connectivity index (χ3n) is 5.06. The Kier molecular flexibility index (Phi) is 6.49. The van der Waals surface area contributed by atoms with E-state index in [1.54, 1.807) is 66.7 Å². The largest absolute Gasteiger partial charge is 0.350 e. The summed E-state index contributed by atoms with van der Waals surface area (Å²) in [6.45, 7) is 1.46. The zero-order valence-corrected chi connectivity index (χ0v) is 19.3. The van der Waals surface area contributed by atoms with Crippen LogP contribution in [0, 0.1) is 0 Å². The molecule has 34 heavy (non-hydrogen) atoms. The van der Waals surface area contributed by atoms with Crippen LogP contribution in [0.15, 0.2) is 83.5 Å². The molecule has 0 bridgehead atoms. The van der Waals surface area contributed by atoms with Crippen molar-refractivity contribution in [2.75, 3.05) is 15.5 Å². The van der Waals surface area contributed by atoms with Gasteiger partial charge in [0.05, 0.1) is 10.7 Å². The highest BCUT2D eigenvalue weighted by Crippen LogP contribution is 2.34. The quantitative estimate of drug-likeness (QED) is 0.362. The molecule has 0 saturated carbocycles. The summed E-state index contributed by atoms with van der Waals surface area (Å²) in [5, 5.41) is 5.53. The summed E-state index contributed by atoms with van der Waals surface area (Å²) in [5.41, 5.74) is 1.84. The third-order valence-corrected chi connectivity index (χ3v) is 5.73. The van der Waals surface area contributed by atoms with E-state index in [1.165, 1.54) is 13.0 Å². The first-order chi connectivity index (χ1) is 16.3. The molecule has 0 aromatic heterocycles. The highest BCUT2D eigenvalue weighted by Gasteiger charge is 2.39. The Morgan fingerprint density at radius 1 is 0.794 bits per heavy atom. The molecule has 0 fully saturated rings. The van der Waals surface area contributed by atoms with Gasteiger partial charge in [-0.05, 0) is 61.5 Å². The SMILES string of the molecule is CC(=O)c1ccc(NC(=O)c2cccc(NC3=C(Cl)C(=O)N(c4ccccc4Cl)C3=O)c2)cc1. The molecule has 0 radical (unpaired) electrons. The molecule has 4 rings (SSSR count). The summed E-state index contributed by atoms with van der Waals surface area (Å²) >= 11 is 12.3. The number of para-hydroxylation sites is 1. The molecular weight excluding hydrogens is 477 g/mol. The molecule has 1 aliphatic rings. The number of nitrogens with zero attached hydrogens (tertiary/aromatic N) is 1. The second kappa shape index (κ2) is 9.51. The van der Waals surface area contributed by atoms with Gasteiger partial charge in [0, 0.05) is 22.5 Å². The molecule has 0 saturated heterocycles. The van der Waals surface area contributed by atoms with E-state index in [1.807, 2.05) is 0 Å². The van der Waals surface area contributed by atoms with Crippen molar-refractivity contribution in [1.82, 2.24) is 0 Å². The predicted octanol–water partition coefficient (Wildman–Crippen LogP) is 5.23. The van der Waals surface area contributed by atoms with Gasteiger partial charge in [0.2, 0.25) is 0 Å². The first-order valence-corrected chi connectivity index (χ1v) is 10.8. The number of carbonyl (C=O) groups excluding carboxylic acids is 4. The zero-order valence-electron chi connectivity index (χ0n) is 17.8. The van der Waals surface area contributed by atoms with Crippen LogP contribution in [0.5, 0.6) is 0 Å². The average molecular weight is 494 g/mol. The van der Waals surface area contributed by atoms with E-state index in [4.69, 9.17) is 23.2 Å². The van der Waals surface area contributed by atoms with Gasteiger partial charge in [-0.1, -0.05) is 41.4 Å². The molecule has 0 unspecified atom stereocenters. The fraction of sp³-hybridized carbons (Fsp3) is 0.0400. The number of carbonyl (C=O) groups is 4. The number of hydrogen-bond donors (Lipinski definition) is 2. The van der Waals surface area contributed by atoms with Gasteiger partial charge in [0.1, 0.15) is 10.7 Å². The van der Waals surface area contributed by atoms with Gasteiger partial charge in [-0.3, -0.25) is 19.2 Å². The van der Waals surface area contributed by atoms with Crippen LogP contribution in [-0.2, 0) is 9.59 Å². The van der Waals surface area contributed by atoms with Gasteiger partial charge >= 0.3 is 0 Å². The molecule has 3 aromatic carbocycles. The number of benzene rings is 3. The number of nitrogens with one attached hydrogen (secondary N) is 2. The van der Waals surface area contributed by atoms with Crippen molar-refractivity contribution in [3.8, 4) is 0 Å². The third kappa shape index (κ3) is 4.57. The van der Waals surface area contributed by atoms with Gasteiger partial charge in [-0.2, -0.15) is 0 Å². The molecule has 9 heteroatoms. The lowest BCUT2D eigenvalue weighted by Gasteiger charge is -2.16. The normalized spacial score (nSPS) is 13.3. The van der Waals surface area contributed by atoms with Crippen molar-refractivity contribution in [2.24, 2.45) is 0 Å². The maximum Gasteiger partial charge on any atom is 0.283 e. The van der Waals surface area contributed by atoms with Gasteiger partial charge in [-0.25, -0.2) is 4.90 Å². The van der Waals surface area contributed by atoms with Crippen LogP contribution in [-0.4, -0.2) is 23.5 Å². The Morgan fingerprint density at radius 2 is 1.50 bits per heavy atom. The van der Waals surface area contributed by atoms with Crippen LogP contribution in [0.2, 0.25) is 5.02 Å². The number of anilines is 3. The lowest BCUT2D eigenvalue weighted by molar-refractivity contribution is -0.120. The minimum Gasteiger partial charge on any atom is -0.350 e. The van der Waals surface area contributed by atoms with Crippen molar-refractivity contribution < 1.29 is 19.2 Å². The Balaban J connectivity index is 1.52. The molecule has 3 aromatic rings. The van der Waals surface area contributed by atoms with Crippen molar-refractivity contribution in [2.45, 2.75) is 6.92 Å². The first-order valence-electron chi connectivity index (χ1n) is 10.1. The smallest absolute Gasteiger partial charge is 0.283 e. The number of ketones is 1. The molecule has 0 spiro atoms. The topological polar surface area (TPSA) is 95.6 Å². The Bertz CT molecular complexity index is 1370. The average Bonchev–Trinajstić information content (AvgIpc) is 3.03. The molecular formula is C25H17Cl2N3O4. The highest BCUT2D eigenvalue weighted by molar-refractivity contribution is 6.53. The van der Waals surface area contributed by atoms with E-state index in [-0.39, 0.29) is 27.2 Å². The van der Waals surface area contributed by atoms with Crippen LogP contribution < -0.4 is 15.5 Å². The lowest BCUT2D eigenvalue weighted by atomic mass is 10.1. The minimum atomic E-state index is -0.704. The molecule has 0 aliphatic carbocycles. The summed E-state index contributed by atoms with van der Waals surface area (Å²) in [6.07, 6.45) is 0. The van der Waals surface area contributed by atoms with E-state index in [2.05, 4.69) is 10.6 Å².